The van der Waals surface area contributed by atoms with Crippen molar-refractivity contribution in [1.82, 2.24) is 10.2 Å². The molecule has 4 rings (SSSR count). The molecule has 2 aromatic rings. The summed E-state index contributed by atoms with van der Waals surface area (Å²) >= 11 is 0. The number of hydrogen-bond acceptors (Lipinski definition) is 6. The van der Waals surface area contributed by atoms with Gasteiger partial charge in [0.15, 0.2) is 11.5 Å². The van der Waals surface area contributed by atoms with E-state index in [1.807, 2.05) is 38.1 Å². The van der Waals surface area contributed by atoms with Gasteiger partial charge in [0.1, 0.15) is 25.8 Å². The lowest BCUT2D eigenvalue weighted by atomic mass is 9.95. The number of nitrogens with one attached hydrogen (secondary N) is 1. The van der Waals surface area contributed by atoms with Gasteiger partial charge in [-0.25, -0.2) is 8.42 Å². The van der Waals surface area contributed by atoms with E-state index in [1.54, 1.807) is 18.2 Å². The number of carbonyl (C=O) groups excluding carboxylic acids is 2. The summed E-state index contributed by atoms with van der Waals surface area (Å²) < 4.78 is 38.1. The topological polar surface area (TPSA) is 105 Å². The van der Waals surface area contributed by atoms with Crippen LogP contribution in [0.3, 0.4) is 0 Å². The van der Waals surface area contributed by atoms with E-state index in [1.165, 1.54) is 11.3 Å². The van der Waals surface area contributed by atoms with E-state index in [9.17, 15) is 18.0 Å². The van der Waals surface area contributed by atoms with Crippen molar-refractivity contribution in [3.05, 3.63) is 53.6 Å². The van der Waals surface area contributed by atoms with Crippen molar-refractivity contribution in [3.8, 4) is 11.5 Å². The Labute approximate surface area is 231 Å². The van der Waals surface area contributed by atoms with Crippen molar-refractivity contribution in [2.75, 3.05) is 30.3 Å². The van der Waals surface area contributed by atoms with E-state index >= 15 is 0 Å². The Morgan fingerprint density at radius 3 is 2.38 bits per heavy atom. The van der Waals surface area contributed by atoms with E-state index < -0.39 is 28.5 Å². The summed E-state index contributed by atoms with van der Waals surface area (Å²) in [4.78, 5) is 29.0. The van der Waals surface area contributed by atoms with Crippen LogP contribution in [0, 0.1) is 6.92 Å². The highest BCUT2D eigenvalue weighted by atomic mass is 32.2. The molecule has 0 radical (unpaired) electrons. The lowest BCUT2D eigenvalue weighted by Gasteiger charge is -2.34. The second-order valence-electron chi connectivity index (χ2n) is 10.3. The molecule has 0 saturated heterocycles. The fourth-order valence-electron chi connectivity index (χ4n) is 5.24. The van der Waals surface area contributed by atoms with Crippen LogP contribution in [0.1, 0.15) is 56.6 Å². The van der Waals surface area contributed by atoms with E-state index in [-0.39, 0.29) is 18.5 Å². The molecule has 0 aromatic heterocycles. The van der Waals surface area contributed by atoms with Crippen molar-refractivity contribution in [3.63, 3.8) is 0 Å². The van der Waals surface area contributed by atoms with Gasteiger partial charge >= 0.3 is 0 Å². The summed E-state index contributed by atoms with van der Waals surface area (Å²) in [5.74, 6) is 0.298. The fourth-order valence-corrected chi connectivity index (χ4v) is 6.08. The van der Waals surface area contributed by atoms with Crippen molar-refractivity contribution in [1.29, 1.82) is 0 Å². The van der Waals surface area contributed by atoms with Gasteiger partial charge in [-0.05, 0) is 49.4 Å². The molecule has 2 amide bonds. The minimum absolute atomic E-state index is 0.0981. The van der Waals surface area contributed by atoms with E-state index in [2.05, 4.69) is 5.32 Å². The summed E-state index contributed by atoms with van der Waals surface area (Å²) in [6.07, 6.45) is 6.65. The molecule has 1 saturated carbocycles. The lowest BCUT2D eigenvalue weighted by Crippen LogP contribution is -2.54. The largest absolute Gasteiger partial charge is 0.486 e. The predicted molar refractivity (Wildman–Crippen MR) is 150 cm³/mol. The molecule has 1 atom stereocenters. The van der Waals surface area contributed by atoms with Gasteiger partial charge in [0.2, 0.25) is 21.8 Å². The van der Waals surface area contributed by atoms with Crippen LogP contribution in [0.15, 0.2) is 42.5 Å². The molecule has 1 aliphatic carbocycles. The average molecular weight is 558 g/mol. The Balaban J connectivity index is 1.63. The van der Waals surface area contributed by atoms with Crippen molar-refractivity contribution >= 4 is 27.5 Å². The number of fused-ring (bicyclic) bond motifs is 1. The molecule has 212 valence electrons. The molecule has 1 fully saturated rings. The molecule has 1 aliphatic heterocycles. The first-order valence-electron chi connectivity index (χ1n) is 13.7. The maximum absolute atomic E-state index is 14.0. The molecule has 39 heavy (non-hydrogen) atoms. The zero-order valence-corrected chi connectivity index (χ0v) is 23.8. The fraction of sp³-hybridized carbons (Fsp3) is 0.517. The highest BCUT2D eigenvalue weighted by molar-refractivity contribution is 7.92. The molecule has 0 bridgehead atoms. The SMILES string of the molecule is CCC(C(=O)NC1CCCCC1)N(Cc1ccccc1C)C(=O)CN(c1ccc2c(c1)OCCO2)S(C)(=O)=O. The second-order valence-corrected chi connectivity index (χ2v) is 12.2. The lowest BCUT2D eigenvalue weighted by molar-refractivity contribution is -0.140. The Morgan fingerprint density at radius 2 is 1.72 bits per heavy atom. The van der Waals surface area contributed by atoms with Crippen LogP contribution >= 0.6 is 0 Å². The predicted octanol–water partition coefficient (Wildman–Crippen LogP) is 3.79. The van der Waals surface area contributed by atoms with Crippen LogP contribution in [0.5, 0.6) is 11.5 Å². The number of sulfonamides is 1. The zero-order valence-electron chi connectivity index (χ0n) is 23.0. The van der Waals surface area contributed by atoms with Crippen molar-refractivity contribution in [2.24, 2.45) is 0 Å². The Hall–Kier alpha value is -3.27. The van der Waals surface area contributed by atoms with Crippen molar-refractivity contribution in [2.45, 2.75) is 71.0 Å². The molecule has 1 unspecified atom stereocenters. The van der Waals surface area contributed by atoms with Crippen LogP contribution < -0.4 is 19.1 Å². The van der Waals surface area contributed by atoms with E-state index in [0.717, 1.165) is 47.4 Å². The standard InChI is InChI=1S/C29H39N3O6S/c1-4-25(29(34)30-23-12-6-5-7-13-23)31(19-22-11-9-8-10-21(22)2)28(33)20-32(39(3,35)36)24-14-15-26-27(18-24)38-17-16-37-26/h8-11,14-15,18,23,25H,4-7,12-13,16-17,19-20H2,1-3H3,(H,30,34). The number of carbonyl (C=O) groups is 2. The highest BCUT2D eigenvalue weighted by Gasteiger charge is 2.33. The first kappa shape index (κ1) is 28.7. The molecular weight excluding hydrogens is 518 g/mol. The van der Waals surface area contributed by atoms with Gasteiger partial charge in [-0.3, -0.25) is 13.9 Å². The molecule has 9 nitrogen and oxygen atoms in total. The third-order valence-corrected chi connectivity index (χ3v) is 8.57. The van der Waals surface area contributed by atoms with Crippen LogP contribution in [0.4, 0.5) is 5.69 Å². The number of amides is 2. The highest BCUT2D eigenvalue weighted by Crippen LogP contribution is 2.35. The molecule has 2 aromatic carbocycles. The summed E-state index contributed by atoms with van der Waals surface area (Å²) in [5, 5.41) is 3.16. The number of aryl methyl sites for hydroxylation is 1. The molecule has 10 heteroatoms. The van der Waals surface area contributed by atoms with Crippen molar-refractivity contribution < 1.29 is 27.5 Å². The third kappa shape index (κ3) is 7.23. The number of anilines is 1. The molecule has 2 aliphatic rings. The van der Waals surface area contributed by atoms with Gasteiger partial charge in [-0.2, -0.15) is 0 Å². The third-order valence-electron chi connectivity index (χ3n) is 7.43. The van der Waals surface area contributed by atoms with E-state index in [4.69, 9.17) is 9.47 Å². The first-order chi connectivity index (χ1) is 18.7. The number of rotatable bonds is 10. The first-order valence-corrected chi connectivity index (χ1v) is 15.5. The minimum atomic E-state index is -3.84. The minimum Gasteiger partial charge on any atom is -0.486 e. The normalized spacial score (nSPS) is 16.3. The maximum atomic E-state index is 14.0. The Bertz CT molecular complexity index is 1280. The number of nitrogens with zero attached hydrogens (tertiary/aromatic N) is 2. The van der Waals surface area contributed by atoms with Gasteiger partial charge in [0.05, 0.1) is 11.9 Å². The Kier molecular flexibility index (Phi) is 9.37. The van der Waals surface area contributed by atoms with Crippen LogP contribution in [-0.2, 0) is 26.2 Å². The average Bonchev–Trinajstić information content (AvgIpc) is 2.92. The molecule has 0 spiro atoms. The van der Waals surface area contributed by atoms with E-state index in [0.29, 0.717) is 36.8 Å². The van der Waals surface area contributed by atoms with Gasteiger partial charge in [0, 0.05) is 18.7 Å². The second kappa shape index (κ2) is 12.7. The smallest absolute Gasteiger partial charge is 0.244 e. The number of benzene rings is 2. The van der Waals surface area contributed by atoms with Crippen LogP contribution in [0.2, 0.25) is 0 Å². The van der Waals surface area contributed by atoms with Gasteiger partial charge in [0.25, 0.3) is 0 Å². The summed E-state index contributed by atoms with van der Waals surface area (Å²) in [5.41, 5.74) is 2.19. The van der Waals surface area contributed by atoms with Crippen LogP contribution in [-0.4, -0.2) is 63.2 Å². The molecular formula is C29H39N3O6S. The van der Waals surface area contributed by atoms with Crippen LogP contribution in [0.25, 0.3) is 0 Å². The zero-order chi connectivity index (χ0) is 28.0. The van der Waals surface area contributed by atoms with Gasteiger partial charge in [-0.1, -0.05) is 50.5 Å². The summed E-state index contributed by atoms with van der Waals surface area (Å²) in [6, 6.07) is 11.9. The van der Waals surface area contributed by atoms with Gasteiger partial charge < -0.3 is 19.7 Å². The Morgan fingerprint density at radius 1 is 1.03 bits per heavy atom. The molecule has 1 N–H and O–H groups in total. The summed E-state index contributed by atoms with van der Waals surface area (Å²) in [7, 11) is -3.84. The van der Waals surface area contributed by atoms with Gasteiger partial charge in [-0.15, -0.1) is 0 Å². The number of hydrogen-bond donors (Lipinski definition) is 1. The maximum Gasteiger partial charge on any atom is 0.244 e. The summed E-state index contributed by atoms with van der Waals surface area (Å²) in [6.45, 7) is 4.35. The quantitative estimate of drug-likeness (QED) is 0.477. The monoisotopic (exact) mass is 557 g/mol. The number of ether oxygens (including phenoxy) is 2. The molecule has 1 heterocycles.